The number of nitrogens with two attached hydrogens (primary N) is 1. The molecule has 0 aliphatic carbocycles. The number of carbonyl (C=O) groups is 2. The van der Waals surface area contributed by atoms with Gasteiger partial charge in [-0.15, -0.1) is 0 Å². The number of ether oxygens (including phenoxy) is 3. The zero-order valence-corrected chi connectivity index (χ0v) is 17.4. The lowest BCUT2D eigenvalue weighted by Gasteiger charge is -2.15. The van der Waals surface area contributed by atoms with Gasteiger partial charge in [0.25, 0.3) is 11.8 Å². The van der Waals surface area contributed by atoms with E-state index >= 15 is 0 Å². The maximum absolute atomic E-state index is 12.5. The molecule has 1 heterocycles. The highest BCUT2D eigenvalue weighted by Gasteiger charge is 2.18. The summed E-state index contributed by atoms with van der Waals surface area (Å²) in [6.45, 7) is 0.564. The Kier molecular flexibility index (Phi) is 6.91. The number of amides is 2. The van der Waals surface area contributed by atoms with E-state index in [0.29, 0.717) is 18.7 Å². The topological polar surface area (TPSA) is 125 Å². The largest absolute Gasteiger partial charge is 0.493 e. The molecule has 0 fully saturated rings. The summed E-state index contributed by atoms with van der Waals surface area (Å²) in [6.07, 6.45) is 0. The number of nitrogens with zero attached hydrogens (tertiary/aromatic N) is 1. The van der Waals surface area contributed by atoms with Gasteiger partial charge >= 0.3 is 0 Å². The summed E-state index contributed by atoms with van der Waals surface area (Å²) in [5.74, 6) is -0.227. The summed E-state index contributed by atoms with van der Waals surface area (Å²) in [5.41, 5.74) is 6.38. The Hall–Kier alpha value is -3.53. The first kappa shape index (κ1) is 21.2. The second-order valence-corrected chi connectivity index (χ2v) is 7.16. The van der Waals surface area contributed by atoms with Crippen molar-refractivity contribution in [3.05, 3.63) is 42.0 Å². The summed E-state index contributed by atoms with van der Waals surface area (Å²) >= 11 is 1.56. The zero-order chi connectivity index (χ0) is 21.5. The van der Waals surface area contributed by atoms with E-state index in [1.165, 1.54) is 26.4 Å². The third-order valence-electron chi connectivity index (χ3n) is 4.06. The Morgan fingerprint density at radius 2 is 1.80 bits per heavy atom. The van der Waals surface area contributed by atoms with Crippen molar-refractivity contribution in [2.24, 2.45) is 5.73 Å². The molecule has 30 heavy (non-hydrogen) atoms. The van der Waals surface area contributed by atoms with Gasteiger partial charge in [0.05, 0.1) is 24.4 Å². The van der Waals surface area contributed by atoms with Crippen molar-refractivity contribution in [1.29, 1.82) is 0 Å². The molecule has 0 aliphatic rings. The number of aromatic nitrogens is 1. The minimum absolute atomic E-state index is 0.202. The molecule has 158 valence electrons. The smallest absolute Gasteiger partial charge is 0.255 e. The normalized spacial score (nSPS) is 10.5. The van der Waals surface area contributed by atoms with Gasteiger partial charge in [-0.3, -0.25) is 9.59 Å². The first-order chi connectivity index (χ1) is 14.5. The van der Waals surface area contributed by atoms with Gasteiger partial charge in [0.15, 0.2) is 23.2 Å². The third kappa shape index (κ3) is 5.09. The quantitative estimate of drug-likeness (QED) is 0.420. The van der Waals surface area contributed by atoms with E-state index in [4.69, 9.17) is 19.9 Å². The number of methoxy groups -OCH3 is 2. The number of primary amides is 1. The van der Waals surface area contributed by atoms with Gasteiger partial charge < -0.3 is 30.6 Å². The van der Waals surface area contributed by atoms with Crippen molar-refractivity contribution >= 4 is 38.5 Å². The Bertz CT molecular complexity index is 995. The molecule has 0 atom stereocenters. The maximum atomic E-state index is 12.5. The molecule has 1 aromatic heterocycles. The number of nitrogens with one attached hydrogen (secondary N) is 2. The maximum Gasteiger partial charge on any atom is 0.255 e. The van der Waals surface area contributed by atoms with Crippen LogP contribution in [-0.2, 0) is 4.79 Å². The first-order valence-electron chi connectivity index (χ1n) is 9.06. The van der Waals surface area contributed by atoms with Crippen LogP contribution in [0.4, 0.5) is 5.13 Å². The molecule has 0 aliphatic heterocycles. The molecule has 4 N–H and O–H groups in total. The summed E-state index contributed by atoms with van der Waals surface area (Å²) in [5, 5.41) is 6.82. The lowest BCUT2D eigenvalue weighted by Crippen LogP contribution is -2.28. The second kappa shape index (κ2) is 9.79. The molecule has 10 heteroatoms. The van der Waals surface area contributed by atoms with Crippen LogP contribution < -0.4 is 30.6 Å². The highest BCUT2D eigenvalue weighted by molar-refractivity contribution is 7.22. The van der Waals surface area contributed by atoms with Crippen molar-refractivity contribution in [2.45, 2.75) is 0 Å². The predicted octanol–water partition coefficient (Wildman–Crippen LogP) is 2.02. The molecule has 0 spiro atoms. The van der Waals surface area contributed by atoms with E-state index in [0.717, 1.165) is 15.3 Å². The summed E-state index contributed by atoms with van der Waals surface area (Å²) in [6, 6.07) is 10.9. The molecule has 3 aromatic rings. The lowest BCUT2D eigenvalue weighted by molar-refractivity contribution is -0.120. The highest BCUT2D eigenvalue weighted by Crippen LogP contribution is 2.38. The van der Waals surface area contributed by atoms with Gasteiger partial charge in [0.1, 0.15) is 0 Å². The molecule has 2 aromatic carbocycles. The van der Waals surface area contributed by atoms with Gasteiger partial charge in [0.2, 0.25) is 5.75 Å². The summed E-state index contributed by atoms with van der Waals surface area (Å²) in [7, 11) is 2.85. The Labute approximate surface area is 177 Å². The molecular weight excluding hydrogens is 408 g/mol. The van der Waals surface area contributed by atoms with Gasteiger partial charge in [-0.2, -0.15) is 0 Å². The number of hydrogen-bond acceptors (Lipinski definition) is 8. The van der Waals surface area contributed by atoms with E-state index in [2.05, 4.69) is 15.6 Å². The van der Waals surface area contributed by atoms with Crippen LogP contribution in [0.3, 0.4) is 0 Å². The van der Waals surface area contributed by atoms with Crippen LogP contribution in [-0.4, -0.2) is 50.7 Å². The molecule has 0 saturated carbocycles. The van der Waals surface area contributed by atoms with Crippen LogP contribution in [0.2, 0.25) is 0 Å². The fraction of sp³-hybridized carbons (Fsp3) is 0.250. The van der Waals surface area contributed by atoms with Crippen LogP contribution in [0.25, 0.3) is 10.2 Å². The number of thiazole rings is 1. The Balaban J connectivity index is 1.60. The zero-order valence-electron chi connectivity index (χ0n) is 16.6. The molecule has 0 radical (unpaired) electrons. The van der Waals surface area contributed by atoms with E-state index in [-0.39, 0.29) is 29.8 Å². The number of fused-ring (bicyclic) bond motifs is 1. The van der Waals surface area contributed by atoms with Crippen molar-refractivity contribution < 1.29 is 23.8 Å². The Morgan fingerprint density at radius 1 is 1.10 bits per heavy atom. The molecule has 2 amide bonds. The minimum atomic E-state index is -0.637. The van der Waals surface area contributed by atoms with E-state index < -0.39 is 5.91 Å². The van der Waals surface area contributed by atoms with Crippen molar-refractivity contribution in [1.82, 2.24) is 10.3 Å². The Morgan fingerprint density at radius 3 is 2.43 bits per heavy atom. The number of benzene rings is 2. The van der Waals surface area contributed by atoms with Gasteiger partial charge in [-0.1, -0.05) is 23.5 Å². The molecule has 9 nitrogen and oxygen atoms in total. The van der Waals surface area contributed by atoms with Crippen LogP contribution in [0.5, 0.6) is 17.2 Å². The highest BCUT2D eigenvalue weighted by atomic mass is 32.1. The molecule has 3 rings (SSSR count). The number of rotatable bonds is 10. The van der Waals surface area contributed by atoms with Gasteiger partial charge in [-0.25, -0.2) is 4.98 Å². The summed E-state index contributed by atoms with van der Waals surface area (Å²) < 4.78 is 17.0. The average molecular weight is 430 g/mol. The molecule has 0 unspecified atom stereocenters. The van der Waals surface area contributed by atoms with Crippen LogP contribution in [0.1, 0.15) is 10.4 Å². The monoisotopic (exact) mass is 430 g/mol. The fourth-order valence-corrected chi connectivity index (χ4v) is 3.58. The fourth-order valence-electron chi connectivity index (χ4n) is 2.69. The lowest BCUT2D eigenvalue weighted by atomic mass is 10.1. The van der Waals surface area contributed by atoms with Crippen LogP contribution >= 0.6 is 11.3 Å². The number of anilines is 1. The SMILES string of the molecule is COc1cc(C(=O)NCCNc2nc3ccccc3s2)cc(OC)c1OCC(N)=O. The van der Waals surface area contributed by atoms with E-state index in [1.807, 2.05) is 24.3 Å². The number of hydrogen-bond donors (Lipinski definition) is 3. The molecule has 0 bridgehead atoms. The van der Waals surface area contributed by atoms with Crippen molar-refractivity contribution in [3.63, 3.8) is 0 Å². The van der Waals surface area contributed by atoms with Gasteiger partial charge in [-0.05, 0) is 24.3 Å². The van der Waals surface area contributed by atoms with Gasteiger partial charge in [0, 0.05) is 18.7 Å². The van der Waals surface area contributed by atoms with E-state index in [9.17, 15) is 9.59 Å². The predicted molar refractivity (Wildman–Crippen MR) is 115 cm³/mol. The van der Waals surface area contributed by atoms with Crippen molar-refractivity contribution in [2.75, 3.05) is 39.2 Å². The number of para-hydroxylation sites is 1. The standard InChI is InChI=1S/C20H22N4O5S/c1-27-14-9-12(10-15(28-2)18(14)29-11-17(21)25)19(26)22-7-8-23-20-24-13-5-3-4-6-16(13)30-20/h3-6,9-10H,7-8,11H2,1-2H3,(H2,21,25)(H,22,26)(H,23,24). The third-order valence-corrected chi connectivity index (χ3v) is 5.06. The minimum Gasteiger partial charge on any atom is -0.493 e. The average Bonchev–Trinajstić information content (AvgIpc) is 3.17. The second-order valence-electron chi connectivity index (χ2n) is 6.13. The van der Waals surface area contributed by atoms with Crippen molar-refractivity contribution in [3.8, 4) is 17.2 Å². The van der Waals surface area contributed by atoms with E-state index in [1.54, 1.807) is 11.3 Å². The molecule has 0 saturated heterocycles. The summed E-state index contributed by atoms with van der Waals surface area (Å²) in [4.78, 5) is 28.0. The van der Waals surface area contributed by atoms with Crippen LogP contribution in [0.15, 0.2) is 36.4 Å². The van der Waals surface area contributed by atoms with Crippen LogP contribution in [0, 0.1) is 0 Å². The number of carbonyl (C=O) groups excluding carboxylic acids is 2. The molecular formula is C20H22N4O5S. The first-order valence-corrected chi connectivity index (χ1v) is 9.88.